The number of carbonyl (C=O) groups is 1. The van der Waals surface area contributed by atoms with Gasteiger partial charge in [0.25, 0.3) is 0 Å². The summed E-state index contributed by atoms with van der Waals surface area (Å²) in [6.07, 6.45) is 6.23. The van der Waals surface area contributed by atoms with Gasteiger partial charge in [0.05, 0.1) is 11.4 Å². The molecule has 0 unspecified atom stereocenters. The number of allylic oxidation sites excluding steroid dienone is 1. The first-order chi connectivity index (χ1) is 14.3. The summed E-state index contributed by atoms with van der Waals surface area (Å²) in [4.78, 5) is 31.5. The Kier molecular flexibility index (Phi) is 8.49. The normalized spacial score (nSPS) is 11.4. The van der Waals surface area contributed by atoms with Gasteiger partial charge in [0.2, 0.25) is 5.91 Å². The van der Waals surface area contributed by atoms with Crippen molar-refractivity contribution < 1.29 is 4.79 Å². The second-order valence-corrected chi connectivity index (χ2v) is 7.20. The van der Waals surface area contributed by atoms with Gasteiger partial charge in [0.1, 0.15) is 0 Å². The van der Waals surface area contributed by atoms with Crippen molar-refractivity contribution in [1.82, 2.24) is 14.9 Å². The van der Waals surface area contributed by atoms with Crippen LogP contribution in [0.4, 0.5) is 0 Å². The number of aryl methyl sites for hydroxylation is 1. The Labute approximate surface area is 176 Å². The van der Waals surface area contributed by atoms with Gasteiger partial charge >= 0.3 is 5.69 Å². The minimum atomic E-state index is -0.358. The Hall–Kier alpha value is -3.26. The van der Waals surface area contributed by atoms with Crippen molar-refractivity contribution in [3.63, 3.8) is 0 Å². The van der Waals surface area contributed by atoms with E-state index in [9.17, 15) is 9.59 Å². The molecule has 8 nitrogen and oxygen atoms in total. The maximum absolute atomic E-state index is 12.4. The van der Waals surface area contributed by atoms with E-state index >= 15 is 0 Å². The lowest BCUT2D eigenvalue weighted by atomic mass is 10.1. The fourth-order valence-corrected chi connectivity index (χ4v) is 3.01. The van der Waals surface area contributed by atoms with E-state index in [2.05, 4.69) is 35.2 Å². The van der Waals surface area contributed by atoms with Gasteiger partial charge in [-0.1, -0.05) is 37.1 Å². The van der Waals surface area contributed by atoms with Gasteiger partial charge in [-0.05, 0) is 38.0 Å². The summed E-state index contributed by atoms with van der Waals surface area (Å²) in [6, 6.07) is 7.63. The van der Waals surface area contributed by atoms with Crippen molar-refractivity contribution >= 4 is 17.9 Å². The van der Waals surface area contributed by atoms with Crippen LogP contribution in [-0.2, 0) is 11.3 Å². The third-order valence-electron chi connectivity index (χ3n) is 4.51. The van der Waals surface area contributed by atoms with Gasteiger partial charge in [0, 0.05) is 31.3 Å². The predicted molar refractivity (Wildman–Crippen MR) is 120 cm³/mol. The number of nitrogens with zero attached hydrogens (tertiary/aromatic N) is 3. The molecule has 30 heavy (non-hydrogen) atoms. The molecule has 0 radical (unpaired) electrons. The summed E-state index contributed by atoms with van der Waals surface area (Å²) in [6.45, 7) is 7.13. The number of nitrogens with one attached hydrogen (secondary N) is 1. The zero-order chi connectivity index (χ0) is 22.1. The largest absolute Gasteiger partial charge is 0.370 e. The van der Waals surface area contributed by atoms with Crippen molar-refractivity contribution in [2.75, 3.05) is 6.54 Å². The Balaban J connectivity index is 2.07. The molecule has 0 bridgehead atoms. The van der Waals surface area contributed by atoms with Crippen molar-refractivity contribution in [2.24, 2.45) is 16.5 Å². The van der Waals surface area contributed by atoms with Gasteiger partial charge < -0.3 is 16.8 Å². The van der Waals surface area contributed by atoms with Crippen LogP contribution in [0.3, 0.4) is 0 Å². The maximum Gasteiger partial charge on any atom is 0.352 e. The zero-order valence-electron chi connectivity index (χ0n) is 17.8. The van der Waals surface area contributed by atoms with E-state index in [1.165, 1.54) is 5.57 Å². The topological polar surface area (TPSA) is 128 Å². The highest BCUT2D eigenvalue weighted by molar-refractivity contribution is 5.91. The molecule has 0 saturated carbocycles. The Bertz CT molecular complexity index is 986. The molecule has 0 fully saturated rings. The number of amides is 1. The van der Waals surface area contributed by atoms with Crippen LogP contribution in [0.15, 0.2) is 45.8 Å². The Morgan fingerprint density at radius 2 is 1.93 bits per heavy atom. The van der Waals surface area contributed by atoms with Crippen LogP contribution in [0.1, 0.15) is 49.9 Å². The average molecular weight is 411 g/mol. The van der Waals surface area contributed by atoms with E-state index in [-0.39, 0.29) is 24.0 Å². The molecule has 1 heterocycles. The number of carbonyl (C=O) groups excluding carboxylic acids is 1. The van der Waals surface area contributed by atoms with E-state index in [0.717, 1.165) is 35.3 Å². The summed E-state index contributed by atoms with van der Waals surface area (Å²) in [5, 5.41) is 3.17. The third-order valence-corrected chi connectivity index (χ3v) is 4.51. The van der Waals surface area contributed by atoms with Crippen molar-refractivity contribution in [3.05, 3.63) is 63.3 Å². The van der Waals surface area contributed by atoms with Gasteiger partial charge in [-0.3, -0.25) is 9.36 Å². The molecule has 0 aliphatic heterocycles. The predicted octanol–water partition coefficient (Wildman–Crippen LogP) is 2.02. The molecule has 5 N–H and O–H groups in total. The monoisotopic (exact) mass is 410 g/mol. The molecular weight excluding hydrogens is 380 g/mol. The lowest BCUT2D eigenvalue weighted by Gasteiger charge is -2.10. The van der Waals surface area contributed by atoms with E-state index in [1.807, 2.05) is 37.4 Å². The lowest BCUT2D eigenvalue weighted by molar-refractivity contribution is -0.117. The Morgan fingerprint density at radius 3 is 2.57 bits per heavy atom. The van der Waals surface area contributed by atoms with E-state index in [0.29, 0.717) is 13.1 Å². The van der Waals surface area contributed by atoms with Crippen molar-refractivity contribution in [2.45, 2.75) is 46.6 Å². The number of hydrogen-bond donors (Lipinski definition) is 3. The van der Waals surface area contributed by atoms with Crippen LogP contribution < -0.4 is 22.5 Å². The van der Waals surface area contributed by atoms with Crippen molar-refractivity contribution in [3.8, 4) is 5.69 Å². The molecule has 1 aromatic heterocycles. The molecule has 1 aromatic carbocycles. The maximum atomic E-state index is 12.4. The number of aromatic nitrogens is 2. The second kappa shape index (κ2) is 11.1. The van der Waals surface area contributed by atoms with Crippen LogP contribution >= 0.6 is 0 Å². The fourth-order valence-electron chi connectivity index (χ4n) is 3.01. The van der Waals surface area contributed by atoms with Gasteiger partial charge in [0.15, 0.2) is 5.96 Å². The highest BCUT2D eigenvalue weighted by atomic mass is 16.1. The molecule has 0 atom stereocenters. The molecule has 0 aliphatic rings. The van der Waals surface area contributed by atoms with E-state index in [4.69, 9.17) is 11.5 Å². The SMILES string of the molecule is CCC/C(C)=C\c1cn(-c2ccc(CNCCC(=O)N=C(N)N)cc2)c(=O)nc1C. The van der Waals surface area contributed by atoms with Crippen LogP contribution in [0, 0.1) is 6.92 Å². The molecular formula is C22H30N6O2. The quantitative estimate of drug-likeness (QED) is 0.330. The molecule has 2 aromatic rings. The third kappa shape index (κ3) is 6.97. The highest BCUT2D eigenvalue weighted by Gasteiger charge is 2.06. The number of benzene rings is 1. The number of aliphatic imine (C=N–C) groups is 1. The van der Waals surface area contributed by atoms with Crippen LogP contribution in [-0.4, -0.2) is 28.0 Å². The first kappa shape index (κ1) is 23.0. The summed E-state index contributed by atoms with van der Waals surface area (Å²) < 4.78 is 1.56. The fraction of sp³-hybridized carbons (Fsp3) is 0.364. The van der Waals surface area contributed by atoms with Crippen molar-refractivity contribution in [1.29, 1.82) is 0 Å². The number of hydrogen-bond acceptors (Lipinski definition) is 4. The smallest absolute Gasteiger partial charge is 0.352 e. The van der Waals surface area contributed by atoms with E-state index < -0.39 is 0 Å². The van der Waals surface area contributed by atoms with Crippen LogP contribution in [0.2, 0.25) is 0 Å². The number of nitrogens with two attached hydrogens (primary N) is 2. The molecule has 0 saturated heterocycles. The zero-order valence-corrected chi connectivity index (χ0v) is 17.8. The molecule has 8 heteroatoms. The van der Waals surface area contributed by atoms with Crippen LogP contribution in [0.5, 0.6) is 0 Å². The summed E-state index contributed by atoms with van der Waals surface area (Å²) in [5.41, 5.74) is 14.7. The van der Waals surface area contributed by atoms with Gasteiger partial charge in [-0.15, -0.1) is 0 Å². The second-order valence-electron chi connectivity index (χ2n) is 7.20. The van der Waals surface area contributed by atoms with Crippen LogP contribution in [0.25, 0.3) is 11.8 Å². The number of guanidine groups is 1. The van der Waals surface area contributed by atoms with Gasteiger partial charge in [-0.25, -0.2) is 4.79 Å². The minimum Gasteiger partial charge on any atom is -0.370 e. The molecule has 160 valence electrons. The standard InChI is InChI=1S/C22H30N6O2/c1-4-5-15(2)12-18-14-28(22(30)26-16(18)3)19-8-6-17(7-9-19)13-25-11-10-20(29)27-21(23)24/h6-9,12,14,25H,4-5,10-11,13H2,1-3H3,(H4,23,24,27,29)/b15-12-. The minimum absolute atomic E-state index is 0.216. The molecule has 0 spiro atoms. The number of rotatable bonds is 9. The average Bonchev–Trinajstić information content (AvgIpc) is 2.67. The molecule has 1 amide bonds. The first-order valence-electron chi connectivity index (χ1n) is 10.00. The summed E-state index contributed by atoms with van der Waals surface area (Å²) in [5.74, 6) is -0.585. The summed E-state index contributed by atoms with van der Waals surface area (Å²) in [7, 11) is 0. The first-order valence-corrected chi connectivity index (χ1v) is 10.00. The molecule has 2 rings (SSSR count). The molecule has 0 aliphatic carbocycles. The Morgan fingerprint density at radius 1 is 1.23 bits per heavy atom. The highest BCUT2D eigenvalue weighted by Crippen LogP contribution is 2.15. The lowest BCUT2D eigenvalue weighted by Crippen LogP contribution is -2.25. The van der Waals surface area contributed by atoms with Gasteiger partial charge in [-0.2, -0.15) is 9.98 Å². The van der Waals surface area contributed by atoms with E-state index in [1.54, 1.807) is 4.57 Å². The summed E-state index contributed by atoms with van der Waals surface area (Å²) >= 11 is 0.